The van der Waals surface area contributed by atoms with Gasteiger partial charge < -0.3 is 20.0 Å². The van der Waals surface area contributed by atoms with Gasteiger partial charge in [0, 0.05) is 30.8 Å². The monoisotopic (exact) mass is 546 g/mol. The van der Waals surface area contributed by atoms with Crippen molar-refractivity contribution in [2.45, 2.75) is 32.0 Å². The molecule has 2 atom stereocenters. The van der Waals surface area contributed by atoms with E-state index in [0.717, 1.165) is 17.7 Å². The third kappa shape index (κ3) is 5.42. The number of Topliss-reactive ketones (excluding diaryl/α,β-unsaturated/α-hetero) is 1. The fourth-order valence-corrected chi connectivity index (χ4v) is 5.21. The van der Waals surface area contributed by atoms with E-state index in [-0.39, 0.29) is 36.8 Å². The number of hydrogen-bond acceptors (Lipinski definition) is 4. The molecule has 40 heavy (non-hydrogen) atoms. The fraction of sp³-hybridized carbons (Fsp3) is 0.267. The number of rotatable bonds is 6. The van der Waals surface area contributed by atoms with Crippen LogP contribution in [0.3, 0.4) is 0 Å². The highest BCUT2D eigenvalue weighted by Crippen LogP contribution is 2.35. The van der Waals surface area contributed by atoms with E-state index in [1.165, 1.54) is 22.8 Å². The first kappa shape index (κ1) is 27.0. The Morgan fingerprint density at radius 1 is 0.950 bits per heavy atom. The fourth-order valence-electron chi connectivity index (χ4n) is 5.21. The molecule has 10 heteroatoms. The van der Waals surface area contributed by atoms with Crippen LogP contribution in [0.2, 0.25) is 0 Å². The van der Waals surface area contributed by atoms with Gasteiger partial charge in [-0.2, -0.15) is 0 Å². The van der Waals surface area contributed by atoms with Gasteiger partial charge in [-0.05, 0) is 60.9 Å². The van der Waals surface area contributed by atoms with E-state index in [0.29, 0.717) is 24.2 Å². The molecule has 2 aliphatic heterocycles. The third-order valence-corrected chi connectivity index (χ3v) is 7.32. The lowest BCUT2D eigenvalue weighted by molar-refractivity contribution is -0.167. The van der Waals surface area contributed by atoms with Crippen molar-refractivity contribution in [1.82, 2.24) is 14.7 Å². The first-order chi connectivity index (χ1) is 19.2. The van der Waals surface area contributed by atoms with E-state index in [1.54, 1.807) is 29.2 Å². The van der Waals surface area contributed by atoms with Crippen LogP contribution in [0.4, 0.5) is 19.3 Å². The lowest BCUT2D eigenvalue weighted by atomic mass is 9.96. The normalized spacial score (nSPS) is 18.9. The van der Waals surface area contributed by atoms with Crippen molar-refractivity contribution >= 4 is 29.3 Å². The van der Waals surface area contributed by atoms with E-state index in [1.807, 2.05) is 30.3 Å². The smallest absolute Gasteiger partial charge is 0.323 e. The Kier molecular flexibility index (Phi) is 7.59. The Labute approximate surface area is 230 Å². The second kappa shape index (κ2) is 11.3. The Morgan fingerprint density at radius 2 is 1.68 bits per heavy atom. The lowest BCUT2D eigenvalue weighted by Gasteiger charge is -2.52. The highest BCUT2D eigenvalue weighted by atomic mass is 19.2. The average Bonchev–Trinajstić information content (AvgIpc) is 2.95. The molecule has 0 unspecified atom stereocenters. The van der Waals surface area contributed by atoms with Gasteiger partial charge in [-0.3, -0.25) is 14.4 Å². The summed E-state index contributed by atoms with van der Waals surface area (Å²) in [5.41, 5.74) is 2.10. The topological polar surface area (TPSA) is 90.0 Å². The molecule has 2 fully saturated rings. The lowest BCUT2D eigenvalue weighted by Crippen LogP contribution is -2.69. The third-order valence-electron chi connectivity index (χ3n) is 7.32. The standard InChI is InChI=1S/C30H28F2N4O4/c1-19(37)21-7-10-23(11-8-21)33-30(40)35-16-14-27(38)36-26(35)18-34(15-13-20-5-3-2-4-6-20)29(39)28(36)22-9-12-24(31)25(32)17-22/h2-12,17,26,28H,13-16,18H2,1H3,(H,33,40)/t26-,28+/m1/s1. The van der Waals surface area contributed by atoms with Crippen LogP contribution in [0.5, 0.6) is 0 Å². The van der Waals surface area contributed by atoms with Crippen LogP contribution in [0.1, 0.15) is 40.9 Å². The predicted molar refractivity (Wildman–Crippen MR) is 143 cm³/mol. The summed E-state index contributed by atoms with van der Waals surface area (Å²) < 4.78 is 28.0. The van der Waals surface area contributed by atoms with E-state index in [4.69, 9.17) is 0 Å². The maximum Gasteiger partial charge on any atom is 0.323 e. The number of carbonyl (C=O) groups is 4. The number of nitrogens with one attached hydrogen (secondary N) is 1. The maximum atomic E-state index is 14.3. The average molecular weight is 547 g/mol. The van der Waals surface area contributed by atoms with Crippen molar-refractivity contribution in [2.75, 3.05) is 25.0 Å². The molecule has 2 aliphatic rings. The van der Waals surface area contributed by atoms with Crippen molar-refractivity contribution in [2.24, 2.45) is 0 Å². The molecule has 0 aliphatic carbocycles. The summed E-state index contributed by atoms with van der Waals surface area (Å²) in [6, 6.07) is 17.4. The molecule has 4 amide bonds. The minimum atomic E-state index is -1.22. The molecule has 2 heterocycles. The molecule has 8 nitrogen and oxygen atoms in total. The van der Waals surface area contributed by atoms with Crippen molar-refractivity contribution in [3.05, 3.63) is 101 Å². The summed E-state index contributed by atoms with van der Waals surface area (Å²) in [4.78, 5) is 56.4. The van der Waals surface area contributed by atoms with Crippen LogP contribution < -0.4 is 5.32 Å². The van der Waals surface area contributed by atoms with E-state index in [2.05, 4.69) is 5.32 Å². The molecule has 1 N–H and O–H groups in total. The Morgan fingerprint density at radius 3 is 2.35 bits per heavy atom. The number of anilines is 1. The van der Waals surface area contributed by atoms with Gasteiger partial charge in [-0.1, -0.05) is 36.4 Å². The number of fused-ring (bicyclic) bond motifs is 1. The molecule has 0 bridgehead atoms. The number of amides is 4. The number of benzene rings is 3. The van der Waals surface area contributed by atoms with Crippen LogP contribution in [0.25, 0.3) is 0 Å². The molecule has 5 rings (SSSR count). The van der Waals surface area contributed by atoms with Crippen molar-refractivity contribution < 1.29 is 28.0 Å². The predicted octanol–water partition coefficient (Wildman–Crippen LogP) is 4.39. The number of halogens is 2. The highest BCUT2D eigenvalue weighted by molar-refractivity contribution is 5.96. The van der Waals surface area contributed by atoms with E-state index >= 15 is 0 Å². The number of hydrogen-bond donors (Lipinski definition) is 1. The maximum absolute atomic E-state index is 14.3. The van der Waals surface area contributed by atoms with Gasteiger partial charge in [0.1, 0.15) is 12.2 Å². The molecule has 0 aromatic heterocycles. The molecule has 3 aromatic carbocycles. The quantitative estimate of drug-likeness (QED) is 0.465. The number of urea groups is 1. The Balaban J connectivity index is 1.45. The summed E-state index contributed by atoms with van der Waals surface area (Å²) in [5, 5.41) is 2.81. The van der Waals surface area contributed by atoms with Gasteiger partial charge in [0.25, 0.3) is 0 Å². The van der Waals surface area contributed by atoms with Gasteiger partial charge >= 0.3 is 6.03 Å². The van der Waals surface area contributed by atoms with Crippen molar-refractivity contribution in [1.29, 1.82) is 0 Å². The molecular formula is C30H28F2N4O4. The molecule has 2 saturated heterocycles. The Hall–Kier alpha value is -4.60. The van der Waals surface area contributed by atoms with Crippen molar-refractivity contribution in [3.63, 3.8) is 0 Å². The summed E-state index contributed by atoms with van der Waals surface area (Å²) >= 11 is 0. The first-order valence-electron chi connectivity index (χ1n) is 13.0. The second-order valence-corrected chi connectivity index (χ2v) is 9.88. The van der Waals surface area contributed by atoms with Crippen LogP contribution in [0, 0.1) is 11.6 Å². The van der Waals surface area contributed by atoms with Gasteiger partial charge in [-0.25, -0.2) is 13.6 Å². The Bertz CT molecular complexity index is 1450. The summed E-state index contributed by atoms with van der Waals surface area (Å²) in [7, 11) is 0. The van der Waals surface area contributed by atoms with Crippen LogP contribution in [-0.2, 0) is 16.0 Å². The zero-order chi connectivity index (χ0) is 28.4. The summed E-state index contributed by atoms with van der Waals surface area (Å²) in [6.45, 7) is 1.94. The summed E-state index contributed by atoms with van der Waals surface area (Å²) in [6.07, 6.45) is -0.332. The molecule has 3 aromatic rings. The number of piperazine rings is 1. The number of ketones is 1. The molecule has 0 radical (unpaired) electrons. The molecular weight excluding hydrogens is 518 g/mol. The van der Waals surface area contributed by atoms with Gasteiger partial charge in [0.2, 0.25) is 11.8 Å². The minimum absolute atomic E-state index is 0.0370. The SMILES string of the molecule is CC(=O)c1ccc(NC(=O)N2CCC(=O)N3[C@@H](c4ccc(F)c(F)c4)C(=O)N(CCc4ccccc4)C[C@H]23)cc1. The minimum Gasteiger partial charge on any atom is -0.336 e. The van der Waals surface area contributed by atoms with Crippen molar-refractivity contribution in [3.8, 4) is 0 Å². The van der Waals surface area contributed by atoms with Crippen LogP contribution in [0.15, 0.2) is 72.8 Å². The zero-order valence-corrected chi connectivity index (χ0v) is 21.8. The molecule has 0 saturated carbocycles. The molecule has 206 valence electrons. The summed E-state index contributed by atoms with van der Waals surface area (Å²) in [5.74, 6) is -3.07. The first-order valence-corrected chi connectivity index (χ1v) is 13.0. The highest BCUT2D eigenvalue weighted by Gasteiger charge is 2.49. The van der Waals surface area contributed by atoms with Gasteiger partial charge in [0.05, 0.1) is 6.54 Å². The second-order valence-electron chi connectivity index (χ2n) is 9.88. The number of nitrogens with zero attached hydrogens (tertiary/aromatic N) is 3. The number of carbonyl (C=O) groups excluding carboxylic acids is 4. The van der Waals surface area contributed by atoms with E-state index in [9.17, 15) is 28.0 Å². The van der Waals surface area contributed by atoms with Crippen LogP contribution >= 0.6 is 0 Å². The zero-order valence-electron chi connectivity index (χ0n) is 21.8. The van der Waals surface area contributed by atoms with Gasteiger partial charge in [-0.15, -0.1) is 0 Å². The molecule has 0 spiro atoms. The van der Waals surface area contributed by atoms with Crippen LogP contribution in [-0.4, -0.2) is 64.1 Å². The van der Waals surface area contributed by atoms with E-state index < -0.39 is 35.8 Å². The largest absolute Gasteiger partial charge is 0.336 e. The van der Waals surface area contributed by atoms with Gasteiger partial charge in [0.15, 0.2) is 17.4 Å².